The molecular weight excluding hydrogens is 405 g/mol. The highest BCUT2D eigenvalue weighted by Gasteiger charge is 2.25. The van der Waals surface area contributed by atoms with Gasteiger partial charge in [0.2, 0.25) is 0 Å². The minimum absolute atomic E-state index is 0.0277. The Balaban J connectivity index is 1.76. The molecule has 6 heteroatoms. The van der Waals surface area contributed by atoms with E-state index in [9.17, 15) is 9.18 Å². The molecule has 1 fully saturated rings. The zero-order valence-electron chi connectivity index (χ0n) is 18.2. The minimum atomic E-state index is -0.501. The zero-order chi connectivity index (χ0) is 22.5. The van der Waals surface area contributed by atoms with Gasteiger partial charge in [-0.2, -0.15) is 10.4 Å². The molecule has 1 saturated carbocycles. The van der Waals surface area contributed by atoms with Crippen LogP contribution in [-0.4, -0.2) is 22.7 Å². The van der Waals surface area contributed by atoms with Crippen LogP contribution >= 0.6 is 0 Å². The molecule has 0 atom stereocenters. The fraction of sp³-hybridized carbons (Fsp3) is 0.346. The van der Waals surface area contributed by atoms with Crippen LogP contribution in [0.4, 0.5) is 4.39 Å². The topological polar surface area (TPSA) is 67.9 Å². The van der Waals surface area contributed by atoms with Crippen LogP contribution < -0.4 is 4.74 Å². The van der Waals surface area contributed by atoms with Crippen molar-refractivity contribution in [3.05, 3.63) is 65.6 Å². The van der Waals surface area contributed by atoms with Crippen LogP contribution in [0.25, 0.3) is 16.9 Å². The standard InChI is InChI=1S/C26H26FN3O2/c1-32-25-14-13-21(15-22(25)27)30-24(19-11-9-18(17-28)10-12-19)16-23(29-30)26(31)20-7-5-3-2-4-6-8-20/h9-16,20H,2-8H2,1H3. The van der Waals surface area contributed by atoms with Gasteiger partial charge in [-0.25, -0.2) is 9.07 Å². The van der Waals surface area contributed by atoms with Crippen molar-refractivity contribution in [3.63, 3.8) is 0 Å². The number of benzene rings is 2. The average molecular weight is 432 g/mol. The summed E-state index contributed by atoms with van der Waals surface area (Å²) in [6.45, 7) is 0. The summed E-state index contributed by atoms with van der Waals surface area (Å²) in [7, 11) is 1.42. The first kappa shape index (κ1) is 21.8. The molecule has 0 bridgehead atoms. The van der Waals surface area contributed by atoms with E-state index in [4.69, 9.17) is 10.00 Å². The van der Waals surface area contributed by atoms with Crippen molar-refractivity contribution in [3.8, 4) is 28.8 Å². The molecule has 0 amide bonds. The van der Waals surface area contributed by atoms with E-state index in [2.05, 4.69) is 11.2 Å². The number of ketones is 1. The van der Waals surface area contributed by atoms with Crippen LogP contribution in [0.15, 0.2) is 48.5 Å². The summed E-state index contributed by atoms with van der Waals surface area (Å²) < 4.78 is 21.1. The van der Waals surface area contributed by atoms with E-state index in [1.165, 1.54) is 32.4 Å². The predicted molar refractivity (Wildman–Crippen MR) is 120 cm³/mol. The fourth-order valence-electron chi connectivity index (χ4n) is 4.33. The highest BCUT2D eigenvalue weighted by molar-refractivity contribution is 5.97. The summed E-state index contributed by atoms with van der Waals surface area (Å²) in [6, 6.07) is 15.6. The number of carbonyl (C=O) groups is 1. The van der Waals surface area contributed by atoms with Gasteiger partial charge in [0.05, 0.1) is 30.1 Å². The van der Waals surface area contributed by atoms with E-state index in [1.807, 2.05) is 12.1 Å². The molecule has 32 heavy (non-hydrogen) atoms. The first-order chi connectivity index (χ1) is 15.6. The number of nitrogens with zero attached hydrogens (tertiary/aromatic N) is 3. The van der Waals surface area contributed by atoms with Gasteiger partial charge in [-0.3, -0.25) is 4.79 Å². The molecule has 1 heterocycles. The van der Waals surface area contributed by atoms with Gasteiger partial charge in [0.25, 0.3) is 0 Å². The van der Waals surface area contributed by atoms with Crippen molar-refractivity contribution >= 4 is 5.78 Å². The summed E-state index contributed by atoms with van der Waals surface area (Å²) >= 11 is 0. The molecule has 3 aromatic rings. The number of hydrogen-bond donors (Lipinski definition) is 0. The molecule has 1 aliphatic carbocycles. The number of rotatable bonds is 5. The van der Waals surface area contributed by atoms with Gasteiger partial charge < -0.3 is 4.74 Å². The lowest BCUT2D eigenvalue weighted by Gasteiger charge is -2.17. The molecule has 4 rings (SSSR count). The van der Waals surface area contributed by atoms with Crippen molar-refractivity contribution in [2.75, 3.05) is 7.11 Å². The first-order valence-electron chi connectivity index (χ1n) is 11.1. The third-order valence-corrected chi connectivity index (χ3v) is 6.13. The summed E-state index contributed by atoms with van der Waals surface area (Å²) in [5.74, 6) is -0.333. The third kappa shape index (κ3) is 4.57. The number of aromatic nitrogens is 2. The van der Waals surface area contributed by atoms with E-state index in [-0.39, 0.29) is 17.5 Å². The van der Waals surface area contributed by atoms with Gasteiger partial charge in [-0.1, -0.05) is 44.2 Å². The van der Waals surface area contributed by atoms with E-state index >= 15 is 0 Å². The van der Waals surface area contributed by atoms with Crippen LogP contribution in [0.5, 0.6) is 5.75 Å². The van der Waals surface area contributed by atoms with Crippen LogP contribution in [-0.2, 0) is 0 Å². The van der Waals surface area contributed by atoms with Gasteiger partial charge in [-0.15, -0.1) is 0 Å². The summed E-state index contributed by atoms with van der Waals surface area (Å²) in [4.78, 5) is 13.3. The second-order valence-electron chi connectivity index (χ2n) is 8.24. The molecule has 0 unspecified atom stereocenters. The smallest absolute Gasteiger partial charge is 0.186 e. The quantitative estimate of drug-likeness (QED) is 0.458. The lowest BCUT2D eigenvalue weighted by Crippen LogP contribution is -2.17. The van der Waals surface area contributed by atoms with Gasteiger partial charge in [-0.05, 0) is 43.2 Å². The number of Topliss-reactive ketones (excluding diaryl/α,β-unsaturated/α-hetero) is 1. The van der Waals surface area contributed by atoms with E-state index in [0.717, 1.165) is 31.2 Å². The van der Waals surface area contributed by atoms with Crippen molar-refractivity contribution in [1.82, 2.24) is 9.78 Å². The minimum Gasteiger partial charge on any atom is -0.494 e. The Hall–Kier alpha value is -3.46. The Morgan fingerprint density at radius 1 is 1.06 bits per heavy atom. The zero-order valence-corrected chi connectivity index (χ0v) is 18.2. The normalized spacial score (nSPS) is 14.9. The summed E-state index contributed by atoms with van der Waals surface area (Å²) in [5.41, 5.74) is 2.91. The van der Waals surface area contributed by atoms with E-state index in [1.54, 1.807) is 35.0 Å². The van der Waals surface area contributed by atoms with Gasteiger partial charge in [0.15, 0.2) is 17.3 Å². The summed E-state index contributed by atoms with van der Waals surface area (Å²) in [5, 5.41) is 13.7. The number of ether oxygens (including phenoxy) is 1. The van der Waals surface area contributed by atoms with Crippen molar-refractivity contribution < 1.29 is 13.9 Å². The van der Waals surface area contributed by atoms with E-state index < -0.39 is 5.82 Å². The maximum atomic E-state index is 14.4. The Kier molecular flexibility index (Phi) is 6.65. The lowest BCUT2D eigenvalue weighted by atomic mass is 9.87. The van der Waals surface area contributed by atoms with Gasteiger partial charge in [0, 0.05) is 17.5 Å². The Bertz CT molecular complexity index is 1140. The molecule has 0 N–H and O–H groups in total. The Morgan fingerprint density at radius 2 is 1.75 bits per heavy atom. The number of hydrogen-bond acceptors (Lipinski definition) is 4. The second kappa shape index (κ2) is 9.78. The molecule has 2 aromatic carbocycles. The van der Waals surface area contributed by atoms with Crippen LogP contribution in [0.3, 0.4) is 0 Å². The largest absolute Gasteiger partial charge is 0.494 e. The number of halogens is 1. The van der Waals surface area contributed by atoms with Crippen molar-refractivity contribution in [1.29, 1.82) is 5.26 Å². The number of nitriles is 1. The fourth-order valence-corrected chi connectivity index (χ4v) is 4.33. The molecular formula is C26H26FN3O2. The Labute approximate surface area is 187 Å². The highest BCUT2D eigenvalue weighted by Crippen LogP contribution is 2.30. The molecule has 1 aromatic heterocycles. The monoisotopic (exact) mass is 431 g/mol. The van der Waals surface area contributed by atoms with Gasteiger partial charge >= 0.3 is 0 Å². The van der Waals surface area contributed by atoms with Crippen LogP contribution in [0.1, 0.15) is 61.0 Å². The Morgan fingerprint density at radius 3 is 2.38 bits per heavy atom. The molecule has 0 aliphatic heterocycles. The molecule has 0 spiro atoms. The first-order valence-corrected chi connectivity index (χ1v) is 11.1. The maximum absolute atomic E-state index is 14.4. The van der Waals surface area contributed by atoms with Crippen LogP contribution in [0, 0.1) is 23.1 Å². The molecule has 5 nitrogen and oxygen atoms in total. The third-order valence-electron chi connectivity index (χ3n) is 6.13. The highest BCUT2D eigenvalue weighted by atomic mass is 19.1. The van der Waals surface area contributed by atoms with E-state index in [0.29, 0.717) is 22.6 Å². The average Bonchev–Trinajstić information content (AvgIpc) is 3.24. The van der Waals surface area contributed by atoms with Crippen molar-refractivity contribution in [2.24, 2.45) is 5.92 Å². The summed E-state index contributed by atoms with van der Waals surface area (Å²) in [6.07, 6.45) is 7.46. The van der Waals surface area contributed by atoms with Crippen LogP contribution in [0.2, 0.25) is 0 Å². The molecule has 164 valence electrons. The molecule has 1 aliphatic rings. The second-order valence-corrected chi connectivity index (χ2v) is 8.24. The number of methoxy groups -OCH3 is 1. The van der Waals surface area contributed by atoms with Crippen molar-refractivity contribution in [2.45, 2.75) is 44.9 Å². The predicted octanol–water partition coefficient (Wildman–Crippen LogP) is 6.10. The SMILES string of the molecule is COc1ccc(-n2nc(C(=O)C3CCCCCCC3)cc2-c2ccc(C#N)cc2)cc1F. The maximum Gasteiger partial charge on any atom is 0.186 e. The molecule has 0 radical (unpaired) electrons. The number of carbonyl (C=O) groups excluding carboxylic acids is 1. The lowest BCUT2D eigenvalue weighted by molar-refractivity contribution is 0.0892. The van der Waals surface area contributed by atoms with Gasteiger partial charge in [0.1, 0.15) is 5.69 Å². The molecule has 0 saturated heterocycles.